The van der Waals surface area contributed by atoms with Crippen molar-refractivity contribution in [2.24, 2.45) is 0 Å². The monoisotopic (exact) mass is 214 g/mol. The standard InChI is InChI=1S/C14H18N2/c1-3-15(4-2)13-7-9-14(10-8-13)16-11-5-6-12-16/h5-12H,3-4H2,1-2H3. The topological polar surface area (TPSA) is 8.17 Å². The average molecular weight is 214 g/mol. The van der Waals surface area contributed by atoms with Gasteiger partial charge in [-0.3, -0.25) is 0 Å². The molecule has 2 aromatic rings. The van der Waals surface area contributed by atoms with Crippen LogP contribution in [-0.4, -0.2) is 17.7 Å². The van der Waals surface area contributed by atoms with E-state index in [1.54, 1.807) is 0 Å². The number of hydrogen-bond acceptors (Lipinski definition) is 1. The number of nitrogens with zero attached hydrogens (tertiary/aromatic N) is 2. The van der Waals surface area contributed by atoms with Crippen molar-refractivity contribution in [3.05, 3.63) is 48.8 Å². The zero-order valence-corrected chi connectivity index (χ0v) is 9.93. The minimum Gasteiger partial charge on any atom is -0.372 e. The van der Waals surface area contributed by atoms with E-state index in [2.05, 4.69) is 60.0 Å². The second-order valence-corrected chi connectivity index (χ2v) is 3.78. The molecular formula is C14H18N2. The molecule has 0 aliphatic carbocycles. The van der Waals surface area contributed by atoms with Gasteiger partial charge < -0.3 is 9.47 Å². The third-order valence-electron chi connectivity index (χ3n) is 2.88. The van der Waals surface area contributed by atoms with Crippen LogP contribution in [0.1, 0.15) is 13.8 Å². The zero-order valence-electron chi connectivity index (χ0n) is 9.93. The molecule has 0 aliphatic rings. The molecule has 2 rings (SSSR count). The zero-order chi connectivity index (χ0) is 11.4. The van der Waals surface area contributed by atoms with Crippen LogP contribution >= 0.6 is 0 Å². The first-order chi connectivity index (χ1) is 7.85. The summed E-state index contributed by atoms with van der Waals surface area (Å²) in [5, 5.41) is 0. The van der Waals surface area contributed by atoms with Crippen molar-refractivity contribution in [2.75, 3.05) is 18.0 Å². The van der Waals surface area contributed by atoms with E-state index in [4.69, 9.17) is 0 Å². The predicted octanol–water partition coefficient (Wildman–Crippen LogP) is 3.32. The lowest BCUT2D eigenvalue weighted by molar-refractivity contribution is 0.866. The molecule has 0 atom stereocenters. The van der Waals surface area contributed by atoms with Crippen molar-refractivity contribution < 1.29 is 0 Å². The normalized spacial score (nSPS) is 10.4. The summed E-state index contributed by atoms with van der Waals surface area (Å²) in [4.78, 5) is 2.35. The van der Waals surface area contributed by atoms with Crippen molar-refractivity contribution in [3.63, 3.8) is 0 Å². The number of aromatic nitrogens is 1. The fourth-order valence-corrected chi connectivity index (χ4v) is 1.93. The van der Waals surface area contributed by atoms with E-state index in [-0.39, 0.29) is 0 Å². The Morgan fingerprint density at radius 2 is 1.50 bits per heavy atom. The van der Waals surface area contributed by atoms with Crippen molar-refractivity contribution in [2.45, 2.75) is 13.8 Å². The molecule has 1 aromatic heterocycles. The lowest BCUT2D eigenvalue weighted by Crippen LogP contribution is -2.21. The summed E-state index contributed by atoms with van der Waals surface area (Å²) < 4.78 is 2.12. The van der Waals surface area contributed by atoms with Gasteiger partial charge in [-0.25, -0.2) is 0 Å². The molecule has 0 bridgehead atoms. The van der Waals surface area contributed by atoms with Gasteiger partial charge in [0, 0.05) is 36.9 Å². The Morgan fingerprint density at radius 1 is 0.938 bits per heavy atom. The van der Waals surface area contributed by atoms with Crippen LogP contribution in [0.3, 0.4) is 0 Å². The molecule has 0 saturated carbocycles. The summed E-state index contributed by atoms with van der Waals surface area (Å²) in [6, 6.07) is 12.8. The predicted molar refractivity (Wildman–Crippen MR) is 69.3 cm³/mol. The Kier molecular flexibility index (Phi) is 3.30. The summed E-state index contributed by atoms with van der Waals surface area (Å²) in [6.45, 7) is 6.48. The van der Waals surface area contributed by atoms with Gasteiger partial charge in [0.15, 0.2) is 0 Å². The fourth-order valence-electron chi connectivity index (χ4n) is 1.93. The van der Waals surface area contributed by atoms with Crippen LogP contribution in [0.15, 0.2) is 48.8 Å². The maximum atomic E-state index is 2.35. The van der Waals surface area contributed by atoms with Crippen LogP contribution in [0.2, 0.25) is 0 Å². The van der Waals surface area contributed by atoms with Crippen molar-refractivity contribution in [1.82, 2.24) is 4.57 Å². The molecule has 0 amide bonds. The Hall–Kier alpha value is -1.70. The molecule has 0 unspecified atom stereocenters. The van der Waals surface area contributed by atoms with Gasteiger partial charge >= 0.3 is 0 Å². The molecule has 0 saturated heterocycles. The Balaban J connectivity index is 2.22. The molecule has 16 heavy (non-hydrogen) atoms. The summed E-state index contributed by atoms with van der Waals surface area (Å²) in [5.74, 6) is 0. The van der Waals surface area contributed by atoms with Crippen molar-refractivity contribution in [1.29, 1.82) is 0 Å². The van der Waals surface area contributed by atoms with Gasteiger partial charge in [-0.1, -0.05) is 0 Å². The van der Waals surface area contributed by atoms with E-state index in [1.165, 1.54) is 11.4 Å². The lowest BCUT2D eigenvalue weighted by atomic mass is 10.2. The molecule has 84 valence electrons. The highest BCUT2D eigenvalue weighted by Crippen LogP contribution is 2.17. The van der Waals surface area contributed by atoms with Crippen LogP contribution in [-0.2, 0) is 0 Å². The minimum atomic E-state index is 1.05. The molecule has 1 aromatic carbocycles. The second-order valence-electron chi connectivity index (χ2n) is 3.78. The smallest absolute Gasteiger partial charge is 0.0450 e. The van der Waals surface area contributed by atoms with Crippen LogP contribution in [0, 0.1) is 0 Å². The number of hydrogen-bond donors (Lipinski definition) is 0. The fraction of sp³-hybridized carbons (Fsp3) is 0.286. The quantitative estimate of drug-likeness (QED) is 0.758. The highest BCUT2D eigenvalue weighted by Gasteiger charge is 2.01. The van der Waals surface area contributed by atoms with E-state index in [0.29, 0.717) is 0 Å². The third kappa shape index (κ3) is 2.11. The van der Waals surface area contributed by atoms with Gasteiger partial charge in [-0.05, 0) is 50.2 Å². The maximum absolute atomic E-state index is 2.35. The molecule has 0 aliphatic heterocycles. The van der Waals surface area contributed by atoms with Gasteiger partial charge in [-0.15, -0.1) is 0 Å². The van der Waals surface area contributed by atoms with Crippen LogP contribution in [0.4, 0.5) is 5.69 Å². The van der Waals surface area contributed by atoms with Crippen LogP contribution in [0.5, 0.6) is 0 Å². The lowest BCUT2D eigenvalue weighted by Gasteiger charge is -2.21. The van der Waals surface area contributed by atoms with Crippen LogP contribution in [0.25, 0.3) is 5.69 Å². The second kappa shape index (κ2) is 4.88. The summed E-state index contributed by atoms with van der Waals surface area (Å²) in [5.41, 5.74) is 2.50. The molecular weight excluding hydrogens is 196 g/mol. The summed E-state index contributed by atoms with van der Waals surface area (Å²) in [6.07, 6.45) is 4.12. The van der Waals surface area contributed by atoms with Gasteiger partial charge in [0.1, 0.15) is 0 Å². The molecule has 0 N–H and O–H groups in total. The molecule has 2 heteroatoms. The Labute approximate surface area is 97.1 Å². The maximum Gasteiger partial charge on any atom is 0.0450 e. The summed E-state index contributed by atoms with van der Waals surface area (Å²) in [7, 11) is 0. The Morgan fingerprint density at radius 3 is 2.00 bits per heavy atom. The first-order valence-corrected chi connectivity index (χ1v) is 5.83. The molecule has 0 spiro atoms. The number of benzene rings is 1. The van der Waals surface area contributed by atoms with Gasteiger partial charge in [0.2, 0.25) is 0 Å². The number of anilines is 1. The molecule has 1 heterocycles. The highest BCUT2D eigenvalue weighted by atomic mass is 15.1. The Bertz CT molecular complexity index is 411. The van der Waals surface area contributed by atoms with Crippen LogP contribution < -0.4 is 4.90 Å². The van der Waals surface area contributed by atoms with E-state index in [1.807, 2.05) is 12.1 Å². The first kappa shape index (κ1) is 10.8. The van der Waals surface area contributed by atoms with Gasteiger partial charge in [0.05, 0.1) is 0 Å². The van der Waals surface area contributed by atoms with E-state index in [9.17, 15) is 0 Å². The largest absolute Gasteiger partial charge is 0.372 e. The van der Waals surface area contributed by atoms with Crippen molar-refractivity contribution in [3.8, 4) is 5.69 Å². The summed E-state index contributed by atoms with van der Waals surface area (Å²) >= 11 is 0. The third-order valence-corrected chi connectivity index (χ3v) is 2.88. The average Bonchev–Trinajstić information content (AvgIpc) is 2.85. The first-order valence-electron chi connectivity index (χ1n) is 5.83. The number of rotatable bonds is 4. The molecule has 2 nitrogen and oxygen atoms in total. The van der Waals surface area contributed by atoms with E-state index < -0.39 is 0 Å². The van der Waals surface area contributed by atoms with Crippen molar-refractivity contribution >= 4 is 5.69 Å². The van der Waals surface area contributed by atoms with E-state index >= 15 is 0 Å². The van der Waals surface area contributed by atoms with Gasteiger partial charge in [0.25, 0.3) is 0 Å². The highest BCUT2D eigenvalue weighted by molar-refractivity contribution is 5.50. The van der Waals surface area contributed by atoms with Gasteiger partial charge in [-0.2, -0.15) is 0 Å². The molecule has 0 fully saturated rings. The minimum absolute atomic E-state index is 1.05. The van der Waals surface area contributed by atoms with E-state index in [0.717, 1.165) is 13.1 Å². The molecule has 0 radical (unpaired) electrons. The SMILES string of the molecule is CCN(CC)c1ccc(-n2cccc2)cc1.